The molecule has 0 aliphatic rings. The van der Waals surface area contributed by atoms with Crippen molar-refractivity contribution < 1.29 is 4.79 Å². The SMILES string of the molecule is CC[C@@H](C)c1ccccc1NC(=O)C(C)C. The van der Waals surface area contributed by atoms with E-state index >= 15 is 0 Å². The molecule has 0 saturated carbocycles. The van der Waals surface area contributed by atoms with Gasteiger partial charge in [0.05, 0.1) is 0 Å². The first-order valence-corrected chi connectivity index (χ1v) is 5.96. The van der Waals surface area contributed by atoms with E-state index in [1.165, 1.54) is 5.56 Å². The molecule has 0 aromatic heterocycles. The first kappa shape index (κ1) is 12.8. The minimum atomic E-state index is 0.0185. The van der Waals surface area contributed by atoms with Crippen molar-refractivity contribution in [3.63, 3.8) is 0 Å². The number of anilines is 1. The summed E-state index contributed by atoms with van der Waals surface area (Å²) < 4.78 is 0. The van der Waals surface area contributed by atoms with Crippen molar-refractivity contribution in [2.24, 2.45) is 5.92 Å². The molecule has 0 aliphatic carbocycles. The topological polar surface area (TPSA) is 29.1 Å². The monoisotopic (exact) mass is 219 g/mol. The van der Waals surface area contributed by atoms with Gasteiger partial charge >= 0.3 is 0 Å². The van der Waals surface area contributed by atoms with Crippen LogP contribution in [0.15, 0.2) is 24.3 Å². The standard InChI is InChI=1S/C14H21NO/c1-5-11(4)12-8-6-7-9-13(12)15-14(16)10(2)3/h6-11H,5H2,1-4H3,(H,15,16)/t11-/m1/s1. The summed E-state index contributed by atoms with van der Waals surface area (Å²) in [6.45, 7) is 8.15. The third-order valence-electron chi connectivity index (χ3n) is 2.89. The zero-order valence-corrected chi connectivity index (χ0v) is 10.6. The third kappa shape index (κ3) is 3.09. The van der Waals surface area contributed by atoms with Crippen molar-refractivity contribution in [3.8, 4) is 0 Å². The molecule has 0 bridgehead atoms. The van der Waals surface area contributed by atoms with Crippen molar-refractivity contribution >= 4 is 11.6 Å². The Morgan fingerprint density at radius 1 is 1.25 bits per heavy atom. The number of carbonyl (C=O) groups excluding carboxylic acids is 1. The van der Waals surface area contributed by atoms with Gasteiger partial charge in [0.1, 0.15) is 0 Å². The molecular formula is C14H21NO. The van der Waals surface area contributed by atoms with E-state index < -0.39 is 0 Å². The number of rotatable bonds is 4. The molecule has 0 saturated heterocycles. The first-order chi connectivity index (χ1) is 7.56. The highest BCUT2D eigenvalue weighted by molar-refractivity contribution is 5.92. The minimum absolute atomic E-state index is 0.0185. The average molecular weight is 219 g/mol. The van der Waals surface area contributed by atoms with Gasteiger partial charge in [0.15, 0.2) is 0 Å². The van der Waals surface area contributed by atoms with Gasteiger partial charge in [-0.25, -0.2) is 0 Å². The molecule has 0 fully saturated rings. The molecule has 1 N–H and O–H groups in total. The molecule has 1 aromatic carbocycles. The van der Waals surface area contributed by atoms with Crippen LogP contribution in [0.1, 0.15) is 45.6 Å². The maximum absolute atomic E-state index is 11.7. The maximum atomic E-state index is 11.7. The molecule has 1 amide bonds. The zero-order valence-electron chi connectivity index (χ0n) is 10.6. The normalized spacial score (nSPS) is 12.6. The van der Waals surface area contributed by atoms with Gasteiger partial charge in [0.25, 0.3) is 0 Å². The molecule has 2 nitrogen and oxygen atoms in total. The number of carbonyl (C=O) groups is 1. The largest absolute Gasteiger partial charge is 0.326 e. The van der Waals surface area contributed by atoms with Crippen molar-refractivity contribution in [3.05, 3.63) is 29.8 Å². The van der Waals surface area contributed by atoms with Gasteiger partial charge in [-0.2, -0.15) is 0 Å². The van der Waals surface area contributed by atoms with Gasteiger partial charge in [-0.15, -0.1) is 0 Å². The number of benzene rings is 1. The Morgan fingerprint density at radius 2 is 1.88 bits per heavy atom. The van der Waals surface area contributed by atoms with E-state index in [9.17, 15) is 4.79 Å². The summed E-state index contributed by atoms with van der Waals surface area (Å²) in [6.07, 6.45) is 1.08. The third-order valence-corrected chi connectivity index (χ3v) is 2.89. The Kier molecular flexibility index (Phi) is 4.53. The van der Waals surface area contributed by atoms with E-state index in [-0.39, 0.29) is 11.8 Å². The van der Waals surface area contributed by atoms with Crippen LogP contribution in [0.3, 0.4) is 0 Å². The fourth-order valence-corrected chi connectivity index (χ4v) is 1.54. The van der Waals surface area contributed by atoms with Crippen molar-refractivity contribution in [2.45, 2.75) is 40.0 Å². The van der Waals surface area contributed by atoms with Gasteiger partial charge in [-0.1, -0.05) is 45.9 Å². The summed E-state index contributed by atoms with van der Waals surface area (Å²) in [4.78, 5) is 11.7. The van der Waals surface area contributed by atoms with Gasteiger partial charge < -0.3 is 5.32 Å². The Bertz CT molecular complexity index is 358. The molecule has 16 heavy (non-hydrogen) atoms. The molecule has 0 unspecified atom stereocenters. The zero-order chi connectivity index (χ0) is 12.1. The van der Waals surface area contributed by atoms with Crippen LogP contribution >= 0.6 is 0 Å². The van der Waals surface area contributed by atoms with Crippen molar-refractivity contribution in [1.82, 2.24) is 0 Å². The van der Waals surface area contributed by atoms with Crippen LogP contribution < -0.4 is 5.32 Å². The Hall–Kier alpha value is -1.31. The summed E-state index contributed by atoms with van der Waals surface area (Å²) in [7, 11) is 0. The second-order valence-corrected chi connectivity index (χ2v) is 4.54. The van der Waals surface area contributed by atoms with Crippen LogP contribution in [0.5, 0.6) is 0 Å². The highest BCUT2D eigenvalue weighted by Gasteiger charge is 2.12. The second kappa shape index (κ2) is 5.69. The van der Waals surface area contributed by atoms with Crippen LogP contribution in [0.4, 0.5) is 5.69 Å². The van der Waals surface area contributed by atoms with Crippen LogP contribution in [0.2, 0.25) is 0 Å². The minimum Gasteiger partial charge on any atom is -0.326 e. The lowest BCUT2D eigenvalue weighted by Gasteiger charge is -2.16. The first-order valence-electron chi connectivity index (χ1n) is 5.96. The Labute approximate surface area is 98.1 Å². The van der Waals surface area contributed by atoms with Gasteiger partial charge in [0, 0.05) is 11.6 Å². The van der Waals surface area contributed by atoms with Gasteiger partial charge in [-0.05, 0) is 24.0 Å². The number of para-hydroxylation sites is 1. The molecule has 0 radical (unpaired) electrons. The lowest BCUT2D eigenvalue weighted by molar-refractivity contribution is -0.118. The predicted molar refractivity (Wildman–Crippen MR) is 68.6 cm³/mol. The maximum Gasteiger partial charge on any atom is 0.226 e. The van der Waals surface area contributed by atoms with Crippen LogP contribution in [-0.4, -0.2) is 5.91 Å². The van der Waals surface area contributed by atoms with E-state index in [1.54, 1.807) is 0 Å². The van der Waals surface area contributed by atoms with E-state index in [1.807, 2.05) is 32.0 Å². The highest BCUT2D eigenvalue weighted by Crippen LogP contribution is 2.26. The van der Waals surface area contributed by atoms with E-state index in [4.69, 9.17) is 0 Å². The number of amides is 1. The van der Waals surface area contributed by atoms with E-state index in [0.29, 0.717) is 5.92 Å². The number of hydrogen-bond donors (Lipinski definition) is 1. The Morgan fingerprint density at radius 3 is 2.44 bits per heavy atom. The van der Waals surface area contributed by atoms with E-state index in [2.05, 4.69) is 25.2 Å². The van der Waals surface area contributed by atoms with Crippen molar-refractivity contribution in [1.29, 1.82) is 0 Å². The highest BCUT2D eigenvalue weighted by atomic mass is 16.1. The van der Waals surface area contributed by atoms with Crippen LogP contribution in [-0.2, 0) is 4.79 Å². The quantitative estimate of drug-likeness (QED) is 0.820. The number of nitrogens with one attached hydrogen (secondary N) is 1. The summed E-state index contributed by atoms with van der Waals surface area (Å²) in [5, 5.41) is 2.99. The molecule has 0 aliphatic heterocycles. The molecule has 0 spiro atoms. The molecular weight excluding hydrogens is 198 g/mol. The molecule has 1 aromatic rings. The van der Waals surface area contributed by atoms with E-state index in [0.717, 1.165) is 12.1 Å². The summed E-state index contributed by atoms with van der Waals surface area (Å²) in [5.41, 5.74) is 2.18. The fourth-order valence-electron chi connectivity index (χ4n) is 1.54. The smallest absolute Gasteiger partial charge is 0.226 e. The summed E-state index contributed by atoms with van der Waals surface area (Å²) in [6, 6.07) is 8.04. The number of hydrogen-bond acceptors (Lipinski definition) is 1. The molecule has 0 heterocycles. The van der Waals surface area contributed by atoms with Crippen molar-refractivity contribution in [2.75, 3.05) is 5.32 Å². The average Bonchev–Trinajstić information content (AvgIpc) is 2.28. The van der Waals surface area contributed by atoms with Gasteiger partial charge in [-0.3, -0.25) is 4.79 Å². The molecule has 2 heteroatoms. The Balaban J connectivity index is 2.91. The predicted octanol–water partition coefficient (Wildman–Crippen LogP) is 3.79. The fraction of sp³-hybridized carbons (Fsp3) is 0.500. The lowest BCUT2D eigenvalue weighted by Crippen LogP contribution is -2.19. The summed E-state index contributed by atoms with van der Waals surface area (Å²) >= 11 is 0. The molecule has 1 rings (SSSR count). The van der Waals surface area contributed by atoms with Crippen LogP contribution in [0.25, 0.3) is 0 Å². The summed E-state index contributed by atoms with van der Waals surface area (Å²) in [5.74, 6) is 0.574. The second-order valence-electron chi connectivity index (χ2n) is 4.54. The van der Waals surface area contributed by atoms with Crippen LogP contribution in [0, 0.1) is 5.92 Å². The van der Waals surface area contributed by atoms with Gasteiger partial charge in [0.2, 0.25) is 5.91 Å². The molecule has 1 atom stereocenters. The lowest BCUT2D eigenvalue weighted by atomic mass is 9.96. The molecule has 88 valence electrons.